The first-order valence-corrected chi connectivity index (χ1v) is 5.69. The molecule has 0 saturated heterocycles. The van der Waals surface area contributed by atoms with Crippen LogP contribution in [0.1, 0.15) is 24.8 Å². The van der Waals surface area contributed by atoms with Crippen LogP contribution in [0.25, 0.3) is 0 Å². The van der Waals surface area contributed by atoms with Crippen LogP contribution in [0.4, 0.5) is 11.5 Å². The van der Waals surface area contributed by atoms with E-state index in [1.165, 1.54) is 6.20 Å². The zero-order valence-corrected chi connectivity index (χ0v) is 9.81. The zero-order valence-electron chi connectivity index (χ0n) is 9.81. The number of nitrogens with one attached hydrogen (secondary N) is 1. The Morgan fingerprint density at radius 3 is 3.12 bits per heavy atom. The van der Waals surface area contributed by atoms with Crippen LogP contribution in [0, 0.1) is 11.3 Å². The number of pyridine rings is 1. The van der Waals surface area contributed by atoms with Gasteiger partial charge in [0.05, 0.1) is 23.4 Å². The maximum atomic E-state index is 9.00. The first kappa shape index (κ1) is 11.7. The molecule has 5 nitrogen and oxygen atoms in total. The minimum absolute atomic E-state index is 0.205. The van der Waals surface area contributed by atoms with Crippen LogP contribution < -0.4 is 11.1 Å². The van der Waals surface area contributed by atoms with Crippen molar-refractivity contribution < 1.29 is 4.74 Å². The zero-order chi connectivity index (χ0) is 12.3. The lowest BCUT2D eigenvalue weighted by atomic mass is 10.1. The van der Waals surface area contributed by atoms with Crippen molar-refractivity contribution in [1.82, 2.24) is 4.98 Å². The van der Waals surface area contributed by atoms with Crippen LogP contribution >= 0.6 is 0 Å². The summed E-state index contributed by atoms with van der Waals surface area (Å²) in [5.41, 5.74) is 6.89. The van der Waals surface area contributed by atoms with Gasteiger partial charge in [-0.2, -0.15) is 5.26 Å². The first-order chi connectivity index (χ1) is 8.24. The Bertz CT molecular complexity index is 441. The first-order valence-electron chi connectivity index (χ1n) is 5.69. The molecule has 3 N–H and O–H groups in total. The fourth-order valence-electron chi connectivity index (χ4n) is 2.25. The van der Waals surface area contributed by atoms with Crippen LogP contribution in [0.5, 0.6) is 0 Å². The Morgan fingerprint density at radius 1 is 1.59 bits per heavy atom. The van der Waals surface area contributed by atoms with E-state index < -0.39 is 0 Å². The Labute approximate surface area is 101 Å². The molecule has 1 aliphatic rings. The van der Waals surface area contributed by atoms with E-state index in [0.717, 1.165) is 24.9 Å². The van der Waals surface area contributed by atoms with Gasteiger partial charge in [0.25, 0.3) is 0 Å². The van der Waals surface area contributed by atoms with Crippen molar-refractivity contribution in [2.75, 3.05) is 18.2 Å². The monoisotopic (exact) mass is 232 g/mol. The molecule has 1 aromatic rings. The van der Waals surface area contributed by atoms with Crippen LogP contribution in [-0.2, 0) is 4.74 Å². The topological polar surface area (TPSA) is 84.0 Å². The van der Waals surface area contributed by atoms with E-state index in [2.05, 4.69) is 16.4 Å². The van der Waals surface area contributed by atoms with Gasteiger partial charge in [-0.25, -0.2) is 4.98 Å². The minimum atomic E-state index is 0.205. The highest BCUT2D eigenvalue weighted by atomic mass is 16.5. The van der Waals surface area contributed by atoms with Gasteiger partial charge in [0, 0.05) is 19.4 Å². The van der Waals surface area contributed by atoms with Gasteiger partial charge in [-0.15, -0.1) is 0 Å². The third-order valence-electron chi connectivity index (χ3n) is 3.14. The van der Waals surface area contributed by atoms with Crippen LogP contribution in [0.2, 0.25) is 0 Å². The molecule has 0 spiro atoms. The summed E-state index contributed by atoms with van der Waals surface area (Å²) in [5, 5.41) is 12.3. The molecule has 0 aliphatic heterocycles. The summed E-state index contributed by atoms with van der Waals surface area (Å²) < 4.78 is 5.41. The summed E-state index contributed by atoms with van der Waals surface area (Å²) in [6.07, 6.45) is 4.94. The standard InChI is InChI=1S/C12H16N4O/c1-17-11-4-2-3-9(11)16-10-5-12(14)15-7-8(10)6-13/h5,7,9,11H,2-4H2,1H3,(H3,14,15,16)/t9-,11?/m1/s1. The molecule has 1 saturated carbocycles. The maximum absolute atomic E-state index is 9.00. The lowest BCUT2D eigenvalue weighted by Gasteiger charge is -2.21. The molecular weight excluding hydrogens is 216 g/mol. The Balaban J connectivity index is 2.18. The highest BCUT2D eigenvalue weighted by Gasteiger charge is 2.27. The van der Waals surface area contributed by atoms with Gasteiger partial charge in [-0.1, -0.05) is 0 Å². The van der Waals surface area contributed by atoms with Gasteiger partial charge in [0.15, 0.2) is 0 Å². The van der Waals surface area contributed by atoms with Crippen LogP contribution in [0.3, 0.4) is 0 Å². The molecule has 0 radical (unpaired) electrons. The Kier molecular flexibility index (Phi) is 3.45. The van der Waals surface area contributed by atoms with Crippen molar-refractivity contribution >= 4 is 11.5 Å². The third kappa shape index (κ3) is 2.48. The highest BCUT2D eigenvalue weighted by Crippen LogP contribution is 2.26. The minimum Gasteiger partial charge on any atom is -0.384 e. The van der Waals surface area contributed by atoms with Crippen molar-refractivity contribution in [3.63, 3.8) is 0 Å². The second-order valence-corrected chi connectivity index (χ2v) is 4.22. The lowest BCUT2D eigenvalue weighted by molar-refractivity contribution is 0.101. The second-order valence-electron chi connectivity index (χ2n) is 4.22. The quantitative estimate of drug-likeness (QED) is 0.825. The number of nitrogens with two attached hydrogens (primary N) is 1. The third-order valence-corrected chi connectivity index (χ3v) is 3.14. The molecule has 0 aromatic carbocycles. The number of methoxy groups -OCH3 is 1. The van der Waals surface area contributed by atoms with Gasteiger partial charge >= 0.3 is 0 Å². The number of nitrogens with zero attached hydrogens (tertiary/aromatic N) is 2. The number of hydrogen-bond acceptors (Lipinski definition) is 5. The van der Waals surface area contributed by atoms with Gasteiger partial charge in [0.2, 0.25) is 0 Å². The number of ether oxygens (including phenoxy) is 1. The van der Waals surface area contributed by atoms with E-state index in [0.29, 0.717) is 11.4 Å². The van der Waals surface area contributed by atoms with E-state index in [4.69, 9.17) is 15.7 Å². The van der Waals surface area contributed by atoms with E-state index in [1.54, 1.807) is 13.2 Å². The van der Waals surface area contributed by atoms with E-state index in [9.17, 15) is 0 Å². The molecule has 1 aliphatic carbocycles. The number of aromatic nitrogens is 1. The molecule has 90 valence electrons. The molecule has 0 bridgehead atoms. The molecule has 17 heavy (non-hydrogen) atoms. The predicted molar refractivity (Wildman–Crippen MR) is 65.4 cm³/mol. The molecule has 1 aromatic heterocycles. The summed E-state index contributed by atoms with van der Waals surface area (Å²) in [6.45, 7) is 0. The number of nitrogen functional groups attached to an aromatic ring is 1. The van der Waals surface area contributed by atoms with Gasteiger partial charge in [0.1, 0.15) is 11.9 Å². The van der Waals surface area contributed by atoms with Gasteiger partial charge < -0.3 is 15.8 Å². The summed E-state index contributed by atoms with van der Waals surface area (Å²) in [4.78, 5) is 3.91. The summed E-state index contributed by atoms with van der Waals surface area (Å²) in [7, 11) is 1.72. The Morgan fingerprint density at radius 2 is 2.41 bits per heavy atom. The van der Waals surface area contributed by atoms with Crippen LogP contribution in [-0.4, -0.2) is 24.2 Å². The van der Waals surface area contributed by atoms with Crippen molar-refractivity contribution in [3.05, 3.63) is 17.8 Å². The molecule has 1 heterocycles. The van der Waals surface area contributed by atoms with Crippen molar-refractivity contribution in [2.45, 2.75) is 31.4 Å². The van der Waals surface area contributed by atoms with Gasteiger partial charge in [-0.3, -0.25) is 0 Å². The van der Waals surface area contributed by atoms with E-state index in [1.807, 2.05) is 0 Å². The second kappa shape index (κ2) is 5.02. The number of anilines is 2. The average Bonchev–Trinajstić information content (AvgIpc) is 2.77. The average molecular weight is 232 g/mol. The molecule has 0 amide bonds. The van der Waals surface area contributed by atoms with Crippen LogP contribution in [0.15, 0.2) is 12.3 Å². The van der Waals surface area contributed by atoms with E-state index >= 15 is 0 Å². The number of nitriles is 1. The fraction of sp³-hybridized carbons (Fsp3) is 0.500. The summed E-state index contributed by atoms with van der Waals surface area (Å²) >= 11 is 0. The largest absolute Gasteiger partial charge is 0.384 e. The highest BCUT2D eigenvalue weighted by molar-refractivity contribution is 5.61. The summed E-state index contributed by atoms with van der Waals surface area (Å²) in [5.74, 6) is 0.415. The normalized spacial score (nSPS) is 23.3. The molecule has 1 fully saturated rings. The van der Waals surface area contributed by atoms with E-state index in [-0.39, 0.29) is 12.1 Å². The Hall–Kier alpha value is -1.80. The van der Waals surface area contributed by atoms with Crippen molar-refractivity contribution in [3.8, 4) is 6.07 Å². The fourth-order valence-corrected chi connectivity index (χ4v) is 2.25. The smallest absolute Gasteiger partial charge is 0.125 e. The predicted octanol–water partition coefficient (Wildman–Crippen LogP) is 1.51. The SMILES string of the molecule is COC1CCC[C@H]1Nc1cc(N)ncc1C#N. The molecular formula is C12H16N4O. The maximum Gasteiger partial charge on any atom is 0.125 e. The molecule has 2 atom stereocenters. The summed E-state index contributed by atoms with van der Waals surface area (Å²) in [6, 6.07) is 4.05. The molecule has 5 heteroatoms. The number of rotatable bonds is 3. The molecule has 2 rings (SSSR count). The van der Waals surface area contributed by atoms with Crippen molar-refractivity contribution in [1.29, 1.82) is 5.26 Å². The van der Waals surface area contributed by atoms with Crippen molar-refractivity contribution in [2.24, 2.45) is 0 Å². The molecule has 1 unspecified atom stereocenters. The number of hydrogen-bond donors (Lipinski definition) is 2. The lowest BCUT2D eigenvalue weighted by Crippen LogP contribution is -2.30. The van der Waals surface area contributed by atoms with Gasteiger partial charge in [-0.05, 0) is 19.3 Å².